The van der Waals surface area contributed by atoms with E-state index in [1.807, 2.05) is 20.8 Å². The van der Waals surface area contributed by atoms with Crippen LogP contribution in [0.4, 0.5) is 10.2 Å². The lowest BCUT2D eigenvalue weighted by Gasteiger charge is -2.15. The van der Waals surface area contributed by atoms with Crippen molar-refractivity contribution in [3.8, 4) is 11.1 Å². The molecule has 0 aliphatic carbocycles. The lowest BCUT2D eigenvalue weighted by molar-refractivity contribution is -0.125. The number of carbonyl (C=O) groups is 2. The molecule has 0 bridgehead atoms. The van der Waals surface area contributed by atoms with Gasteiger partial charge in [0.1, 0.15) is 5.82 Å². The van der Waals surface area contributed by atoms with Gasteiger partial charge in [-0.15, -0.1) is 0 Å². The maximum atomic E-state index is 15.2. The first-order valence-corrected chi connectivity index (χ1v) is 12.6. The number of rotatable bonds is 7. The summed E-state index contributed by atoms with van der Waals surface area (Å²) in [4.78, 5) is 34.6. The van der Waals surface area contributed by atoms with Crippen LogP contribution in [0.1, 0.15) is 49.3 Å². The molecule has 1 aromatic carbocycles. The first-order chi connectivity index (χ1) is 18.6. The number of nitrogens with one attached hydrogen (secondary N) is 3. The van der Waals surface area contributed by atoms with Crippen molar-refractivity contribution < 1.29 is 18.5 Å². The number of likely N-dealkylation sites (tertiary alicyclic amines) is 1. The molecule has 3 aromatic heterocycles. The third-order valence-corrected chi connectivity index (χ3v) is 6.55. The Hall–Kier alpha value is -4.61. The van der Waals surface area contributed by atoms with Crippen molar-refractivity contribution in [2.75, 3.05) is 18.4 Å². The van der Waals surface area contributed by atoms with Crippen LogP contribution in [-0.2, 0) is 16.8 Å². The maximum Gasteiger partial charge on any atom is 0.292 e. The molecule has 2 amide bonds. The SMILES string of the molecule is C=CC(=O)N1CCC(Nc2n[nH]c3nccc(-c4ccc(CNC(=O)c5noc(C(C)(C)C)n5)c(F)c4)c23)C1. The Bertz CT molecular complexity index is 1550. The van der Waals surface area contributed by atoms with Crippen LogP contribution in [-0.4, -0.2) is 61.2 Å². The van der Waals surface area contributed by atoms with E-state index in [2.05, 4.69) is 42.5 Å². The van der Waals surface area contributed by atoms with Gasteiger partial charge < -0.3 is 20.1 Å². The Balaban J connectivity index is 1.32. The molecule has 3 N–H and O–H groups in total. The predicted octanol–water partition coefficient (Wildman–Crippen LogP) is 3.57. The number of hydrogen-bond donors (Lipinski definition) is 3. The highest BCUT2D eigenvalue weighted by molar-refractivity contribution is 6.00. The highest BCUT2D eigenvalue weighted by atomic mass is 19.1. The van der Waals surface area contributed by atoms with Crippen molar-refractivity contribution in [3.63, 3.8) is 0 Å². The van der Waals surface area contributed by atoms with Crippen LogP contribution in [0.2, 0.25) is 0 Å². The van der Waals surface area contributed by atoms with Crippen LogP contribution in [0.5, 0.6) is 0 Å². The second-order valence-electron chi connectivity index (χ2n) is 10.4. The van der Waals surface area contributed by atoms with Crippen LogP contribution < -0.4 is 10.6 Å². The van der Waals surface area contributed by atoms with E-state index < -0.39 is 17.1 Å². The number of nitrogens with zero attached hydrogens (tertiary/aromatic N) is 5. The van der Waals surface area contributed by atoms with E-state index in [-0.39, 0.29) is 24.3 Å². The normalized spacial score (nSPS) is 15.5. The van der Waals surface area contributed by atoms with E-state index in [4.69, 9.17) is 4.52 Å². The molecular formula is C27H29FN8O3. The largest absolute Gasteiger partial charge is 0.363 e. The first-order valence-electron chi connectivity index (χ1n) is 12.6. The number of amides is 2. The number of aromatic amines is 1. The zero-order valence-corrected chi connectivity index (χ0v) is 21.9. The minimum Gasteiger partial charge on any atom is -0.363 e. The summed E-state index contributed by atoms with van der Waals surface area (Å²) in [6.45, 7) is 10.4. The smallest absolute Gasteiger partial charge is 0.292 e. The summed E-state index contributed by atoms with van der Waals surface area (Å²) in [5.74, 6) is -0.313. The number of aromatic nitrogens is 5. The van der Waals surface area contributed by atoms with Crippen molar-refractivity contribution in [3.05, 3.63) is 66.2 Å². The molecule has 202 valence electrons. The number of H-pyrrole nitrogens is 1. The zero-order chi connectivity index (χ0) is 27.7. The van der Waals surface area contributed by atoms with Gasteiger partial charge in [0.15, 0.2) is 11.5 Å². The fourth-order valence-corrected chi connectivity index (χ4v) is 4.43. The van der Waals surface area contributed by atoms with E-state index in [9.17, 15) is 9.59 Å². The summed E-state index contributed by atoms with van der Waals surface area (Å²) < 4.78 is 20.3. The molecular weight excluding hydrogens is 503 g/mol. The molecule has 1 saturated heterocycles. The van der Waals surface area contributed by atoms with Crippen molar-refractivity contribution in [2.45, 2.75) is 45.2 Å². The van der Waals surface area contributed by atoms with Gasteiger partial charge in [-0.25, -0.2) is 9.37 Å². The Morgan fingerprint density at radius 2 is 2.13 bits per heavy atom. The average molecular weight is 533 g/mol. The van der Waals surface area contributed by atoms with E-state index in [0.29, 0.717) is 41.6 Å². The highest BCUT2D eigenvalue weighted by Crippen LogP contribution is 2.33. The molecule has 0 radical (unpaired) electrons. The van der Waals surface area contributed by atoms with Gasteiger partial charge in [0, 0.05) is 42.9 Å². The standard InChI is InChI=1S/C27H29FN8O3/c1-5-20(37)36-11-9-17(14-36)31-23-21-18(8-10-29-22(21)33-34-23)15-6-7-16(19(28)12-15)13-30-25(38)24-32-26(39-35-24)27(2,3)4/h5-8,10,12,17H,1,9,11,13-14H2,2-4H3,(H,30,38)(H2,29,31,33,34). The Labute approximate surface area is 223 Å². The van der Waals surface area contributed by atoms with Gasteiger partial charge in [-0.05, 0) is 35.8 Å². The highest BCUT2D eigenvalue weighted by Gasteiger charge is 2.27. The van der Waals surface area contributed by atoms with Gasteiger partial charge >= 0.3 is 0 Å². The molecule has 12 heteroatoms. The summed E-state index contributed by atoms with van der Waals surface area (Å²) in [5.41, 5.74) is 1.84. The van der Waals surface area contributed by atoms with Gasteiger partial charge in [0.2, 0.25) is 11.8 Å². The van der Waals surface area contributed by atoms with Crippen molar-refractivity contribution in [2.24, 2.45) is 0 Å². The maximum absolute atomic E-state index is 15.2. The fourth-order valence-electron chi connectivity index (χ4n) is 4.43. The molecule has 1 fully saturated rings. The Morgan fingerprint density at radius 1 is 1.31 bits per heavy atom. The summed E-state index contributed by atoms with van der Waals surface area (Å²) in [5, 5.41) is 17.8. The van der Waals surface area contributed by atoms with Crippen LogP contribution >= 0.6 is 0 Å². The molecule has 1 atom stereocenters. The first kappa shape index (κ1) is 26.0. The predicted molar refractivity (Wildman–Crippen MR) is 142 cm³/mol. The number of hydrogen-bond acceptors (Lipinski definition) is 8. The summed E-state index contributed by atoms with van der Waals surface area (Å²) >= 11 is 0. The van der Waals surface area contributed by atoms with E-state index in [1.54, 1.807) is 29.3 Å². The van der Waals surface area contributed by atoms with Crippen molar-refractivity contribution >= 4 is 28.7 Å². The number of anilines is 1. The van der Waals surface area contributed by atoms with Gasteiger partial charge in [0.25, 0.3) is 11.7 Å². The third-order valence-electron chi connectivity index (χ3n) is 6.55. The fraction of sp³-hybridized carbons (Fsp3) is 0.333. The summed E-state index contributed by atoms with van der Waals surface area (Å²) in [6.07, 6.45) is 3.70. The molecule has 5 rings (SSSR count). The van der Waals surface area contributed by atoms with Crippen LogP contribution in [0.3, 0.4) is 0 Å². The monoisotopic (exact) mass is 532 g/mol. The summed E-state index contributed by atoms with van der Waals surface area (Å²) in [6, 6.07) is 6.62. The molecule has 1 unspecified atom stereocenters. The van der Waals surface area contributed by atoms with Gasteiger partial charge in [-0.1, -0.05) is 44.6 Å². The van der Waals surface area contributed by atoms with E-state index in [1.165, 1.54) is 12.1 Å². The Morgan fingerprint density at radius 3 is 2.85 bits per heavy atom. The third kappa shape index (κ3) is 5.35. The number of pyridine rings is 1. The molecule has 11 nitrogen and oxygen atoms in total. The average Bonchev–Trinajstić information content (AvgIpc) is 3.67. The van der Waals surface area contributed by atoms with Crippen molar-refractivity contribution in [1.82, 2.24) is 35.5 Å². The molecule has 1 aliphatic rings. The number of fused-ring (bicyclic) bond motifs is 1. The number of halogens is 1. The minimum absolute atomic E-state index is 0.00913. The van der Waals surface area contributed by atoms with Crippen LogP contribution in [0, 0.1) is 5.82 Å². The molecule has 1 aliphatic heterocycles. The lowest BCUT2D eigenvalue weighted by atomic mass is 9.97. The van der Waals surface area contributed by atoms with Crippen LogP contribution in [0.15, 0.2) is 47.6 Å². The molecule has 4 heterocycles. The molecule has 0 saturated carbocycles. The minimum atomic E-state index is -0.553. The van der Waals surface area contributed by atoms with E-state index >= 15 is 4.39 Å². The summed E-state index contributed by atoms with van der Waals surface area (Å²) in [7, 11) is 0. The quantitative estimate of drug-likeness (QED) is 0.307. The topological polar surface area (TPSA) is 142 Å². The van der Waals surface area contributed by atoms with Crippen molar-refractivity contribution in [1.29, 1.82) is 0 Å². The number of carbonyl (C=O) groups excluding carboxylic acids is 2. The van der Waals surface area contributed by atoms with Gasteiger partial charge in [-0.3, -0.25) is 14.7 Å². The lowest BCUT2D eigenvalue weighted by Crippen LogP contribution is -2.30. The second-order valence-corrected chi connectivity index (χ2v) is 10.4. The molecule has 0 spiro atoms. The molecule has 4 aromatic rings. The number of benzene rings is 1. The zero-order valence-electron chi connectivity index (χ0n) is 21.9. The second kappa shape index (κ2) is 10.3. The van der Waals surface area contributed by atoms with E-state index in [0.717, 1.165) is 17.4 Å². The van der Waals surface area contributed by atoms with Gasteiger partial charge in [0.05, 0.1) is 5.39 Å². The van der Waals surface area contributed by atoms with Gasteiger partial charge in [-0.2, -0.15) is 10.1 Å². The van der Waals surface area contributed by atoms with Crippen LogP contribution in [0.25, 0.3) is 22.2 Å². The molecule has 39 heavy (non-hydrogen) atoms. The Kier molecular flexibility index (Phi) is 6.85.